The number of carbonyl (C=O) groups excluding carboxylic acids is 7. The Bertz CT molecular complexity index is 1500. The van der Waals surface area contributed by atoms with Crippen molar-refractivity contribution in [1.29, 1.82) is 0 Å². The van der Waals surface area contributed by atoms with Crippen LogP contribution in [-0.4, -0.2) is 153 Å². The number of carboxylic acids is 2. The van der Waals surface area contributed by atoms with Crippen molar-refractivity contribution in [2.75, 3.05) is 31.7 Å². The van der Waals surface area contributed by atoms with Gasteiger partial charge in [-0.05, 0) is 56.5 Å². The second-order valence-corrected chi connectivity index (χ2v) is 14.8. The smallest absolute Gasteiger partial charge is 0.328 e. The van der Waals surface area contributed by atoms with Crippen LogP contribution >= 0.6 is 11.8 Å². The van der Waals surface area contributed by atoms with E-state index in [1.54, 1.807) is 13.8 Å². The van der Waals surface area contributed by atoms with Crippen LogP contribution < -0.4 is 49.5 Å². The summed E-state index contributed by atoms with van der Waals surface area (Å²) in [6.45, 7) is 2.47. The summed E-state index contributed by atoms with van der Waals surface area (Å²) in [5.41, 5.74) is 22.1. The van der Waals surface area contributed by atoms with E-state index in [0.29, 0.717) is 18.6 Å². The van der Waals surface area contributed by atoms with Gasteiger partial charge in [-0.3, -0.25) is 43.3 Å². The van der Waals surface area contributed by atoms with Crippen molar-refractivity contribution in [2.24, 2.45) is 33.8 Å². The summed E-state index contributed by atoms with van der Waals surface area (Å²) in [4.78, 5) is 121. The third-order valence-corrected chi connectivity index (χ3v) is 9.92. The van der Waals surface area contributed by atoms with Crippen LogP contribution in [-0.2, 0) is 43.2 Å². The van der Waals surface area contributed by atoms with Crippen molar-refractivity contribution in [1.82, 2.24) is 31.5 Å². The number of rotatable bonds is 27. The Morgan fingerprint density at radius 2 is 1.45 bits per heavy atom. The van der Waals surface area contributed by atoms with Crippen LogP contribution in [0, 0.1) is 5.92 Å². The van der Waals surface area contributed by atoms with E-state index in [-0.39, 0.29) is 44.7 Å². The highest BCUT2D eigenvalue weighted by Gasteiger charge is 2.40. The van der Waals surface area contributed by atoms with Crippen molar-refractivity contribution >= 4 is 71.0 Å². The lowest BCUT2D eigenvalue weighted by Gasteiger charge is -2.31. The number of aliphatic hydroxyl groups is 1. The molecule has 0 saturated carbocycles. The van der Waals surface area contributed by atoms with E-state index in [0.717, 1.165) is 4.90 Å². The van der Waals surface area contributed by atoms with Gasteiger partial charge in [0.15, 0.2) is 5.96 Å². The monoisotopic (exact) mass is 845 g/mol. The minimum Gasteiger partial charge on any atom is -0.481 e. The zero-order chi connectivity index (χ0) is 44.1. The number of carbonyl (C=O) groups is 9. The summed E-state index contributed by atoms with van der Waals surface area (Å²) in [6, 6.07) is -9.67. The van der Waals surface area contributed by atoms with Crippen LogP contribution in [0.1, 0.15) is 71.6 Å². The Morgan fingerprint density at radius 1 is 0.828 bits per heavy atom. The molecule has 1 rings (SSSR count). The maximum absolute atomic E-state index is 14.0. The molecular formula is C34H59N11O12S. The van der Waals surface area contributed by atoms with Crippen molar-refractivity contribution < 1.29 is 58.5 Å². The Hall–Kier alpha value is -5.23. The summed E-state index contributed by atoms with van der Waals surface area (Å²) >= 11 is 1.44. The number of amides is 7. The Morgan fingerprint density at radius 3 is 2.00 bits per heavy atom. The SMILES string of the molecule is CC[C@H](C)[C@H](NC(=O)[C@H](CC(N)=O)NC(=O)[C@@H](N)CCSC)C(=O)N[C@@H](CCC(=O)O)C(=O)N[C@@H](CCCN=C(N)N)C(=O)N1CCC[C@H]1C(=O)N[C@@H](CO)C(=O)O. The molecule has 8 atom stereocenters. The standard InChI is InChI=1S/C34H59N11O12S/c1-4-17(2)26(44-29(52)21(15-24(36)47)42-27(50)18(35)11-14-58-3)31(54)40-19(9-10-25(48)49)28(51)41-20(7-5-12-39-34(37)38)32(55)45-13-6-8-23(45)30(53)43-22(16-46)33(56)57/h17-23,26,46H,4-16,35H2,1-3H3,(H2,36,47)(H,40,54)(H,41,51)(H,42,50)(H,43,53)(H,44,52)(H,48,49)(H,56,57)(H4,37,38,39)/t17-,18-,19-,20-,21-,22-,23-,26-/m0/s1. The first kappa shape index (κ1) is 50.8. The second-order valence-electron chi connectivity index (χ2n) is 13.8. The van der Waals surface area contributed by atoms with E-state index in [9.17, 15) is 58.5 Å². The van der Waals surface area contributed by atoms with Crippen LogP contribution in [0.15, 0.2) is 4.99 Å². The number of nitrogens with two attached hydrogens (primary N) is 4. The largest absolute Gasteiger partial charge is 0.481 e. The highest BCUT2D eigenvalue weighted by atomic mass is 32.2. The molecule has 328 valence electrons. The van der Waals surface area contributed by atoms with Crippen LogP contribution in [0.5, 0.6) is 0 Å². The fraction of sp³-hybridized carbons (Fsp3) is 0.706. The second kappa shape index (κ2) is 25.9. The van der Waals surface area contributed by atoms with E-state index >= 15 is 0 Å². The molecule has 0 spiro atoms. The molecule has 0 bridgehead atoms. The zero-order valence-corrected chi connectivity index (χ0v) is 33.8. The quantitative estimate of drug-likeness (QED) is 0.0210. The number of guanidine groups is 1. The fourth-order valence-corrected chi connectivity index (χ4v) is 6.30. The third kappa shape index (κ3) is 17.5. The van der Waals surface area contributed by atoms with Gasteiger partial charge < -0.3 is 69.7 Å². The van der Waals surface area contributed by atoms with Gasteiger partial charge in [0.25, 0.3) is 0 Å². The van der Waals surface area contributed by atoms with Gasteiger partial charge in [-0.2, -0.15) is 11.8 Å². The number of aliphatic carboxylic acids is 2. The lowest BCUT2D eigenvalue weighted by molar-refractivity contribution is -0.146. The minimum atomic E-state index is -1.64. The number of aliphatic hydroxyl groups excluding tert-OH is 1. The first-order chi connectivity index (χ1) is 27.3. The molecule has 0 aliphatic carbocycles. The van der Waals surface area contributed by atoms with Gasteiger partial charge in [0.2, 0.25) is 41.4 Å². The van der Waals surface area contributed by atoms with Gasteiger partial charge in [-0.15, -0.1) is 0 Å². The Labute approximate surface area is 340 Å². The topological polar surface area (TPSA) is 394 Å². The first-order valence-electron chi connectivity index (χ1n) is 18.7. The summed E-state index contributed by atoms with van der Waals surface area (Å²) in [5.74, 6) is -9.29. The summed E-state index contributed by atoms with van der Waals surface area (Å²) < 4.78 is 0. The van der Waals surface area contributed by atoms with Gasteiger partial charge in [-0.1, -0.05) is 20.3 Å². The summed E-state index contributed by atoms with van der Waals surface area (Å²) in [5, 5.41) is 40.2. The molecule has 0 aromatic carbocycles. The van der Waals surface area contributed by atoms with Gasteiger partial charge >= 0.3 is 11.9 Å². The number of carboxylic acid groups (broad SMARTS) is 2. The maximum atomic E-state index is 14.0. The van der Waals surface area contributed by atoms with E-state index in [2.05, 4.69) is 31.6 Å². The van der Waals surface area contributed by atoms with Crippen LogP contribution in [0.2, 0.25) is 0 Å². The number of primary amides is 1. The predicted molar refractivity (Wildman–Crippen MR) is 210 cm³/mol. The van der Waals surface area contributed by atoms with Gasteiger partial charge in [0.05, 0.1) is 19.1 Å². The number of nitrogens with zero attached hydrogens (tertiary/aromatic N) is 2. The Balaban J connectivity index is 3.41. The molecule has 0 unspecified atom stereocenters. The van der Waals surface area contributed by atoms with Crippen LogP contribution in [0.3, 0.4) is 0 Å². The van der Waals surface area contributed by atoms with E-state index in [1.165, 1.54) is 11.8 Å². The van der Waals surface area contributed by atoms with Crippen molar-refractivity contribution in [2.45, 2.75) is 114 Å². The molecule has 7 amide bonds. The molecule has 1 fully saturated rings. The molecule has 0 aromatic heterocycles. The molecule has 24 heteroatoms. The Kier molecular flexibility index (Phi) is 22.7. The molecular weight excluding hydrogens is 787 g/mol. The average molecular weight is 846 g/mol. The molecule has 0 radical (unpaired) electrons. The van der Waals surface area contributed by atoms with E-state index in [1.807, 2.05) is 6.26 Å². The fourth-order valence-electron chi connectivity index (χ4n) is 5.81. The number of aliphatic imine (C=N–C) groups is 1. The molecule has 0 aromatic rings. The number of hydrogen-bond donors (Lipinski definition) is 12. The first-order valence-corrected chi connectivity index (χ1v) is 20.1. The lowest BCUT2D eigenvalue weighted by atomic mass is 9.96. The number of thioether (sulfide) groups is 1. The highest BCUT2D eigenvalue weighted by Crippen LogP contribution is 2.20. The van der Waals surface area contributed by atoms with E-state index < -0.39 is 127 Å². The lowest BCUT2D eigenvalue weighted by Crippen LogP contribution is -2.61. The minimum absolute atomic E-state index is 0.0269. The molecule has 1 heterocycles. The third-order valence-electron chi connectivity index (χ3n) is 9.28. The summed E-state index contributed by atoms with van der Waals surface area (Å²) in [6.07, 6.45) is 1.17. The molecule has 23 nitrogen and oxygen atoms in total. The van der Waals surface area contributed by atoms with E-state index in [4.69, 9.17) is 22.9 Å². The zero-order valence-electron chi connectivity index (χ0n) is 32.9. The van der Waals surface area contributed by atoms with Crippen molar-refractivity contribution in [3.63, 3.8) is 0 Å². The van der Waals surface area contributed by atoms with Crippen LogP contribution in [0.4, 0.5) is 0 Å². The molecule has 58 heavy (non-hydrogen) atoms. The van der Waals surface area contributed by atoms with Crippen molar-refractivity contribution in [3.8, 4) is 0 Å². The van der Waals surface area contributed by atoms with Crippen LogP contribution in [0.25, 0.3) is 0 Å². The number of likely N-dealkylation sites (tertiary alicyclic amines) is 1. The van der Waals surface area contributed by atoms with Gasteiger partial charge in [0, 0.05) is 19.5 Å². The molecule has 1 aliphatic rings. The molecule has 16 N–H and O–H groups in total. The predicted octanol–water partition coefficient (Wildman–Crippen LogP) is -4.60. The normalized spacial score (nSPS) is 17.2. The van der Waals surface area contributed by atoms with Gasteiger partial charge in [-0.25, -0.2) is 4.79 Å². The summed E-state index contributed by atoms with van der Waals surface area (Å²) in [7, 11) is 0. The maximum Gasteiger partial charge on any atom is 0.328 e. The van der Waals surface area contributed by atoms with Gasteiger partial charge in [0.1, 0.15) is 36.3 Å². The van der Waals surface area contributed by atoms with Crippen molar-refractivity contribution in [3.05, 3.63) is 0 Å². The number of hydrogen-bond acceptors (Lipinski definition) is 13. The average Bonchev–Trinajstić information content (AvgIpc) is 3.66. The highest BCUT2D eigenvalue weighted by molar-refractivity contribution is 7.98. The number of nitrogens with one attached hydrogen (secondary N) is 5. The molecule has 1 saturated heterocycles. The molecule has 1 aliphatic heterocycles.